The van der Waals surface area contributed by atoms with E-state index in [0.29, 0.717) is 18.7 Å². The van der Waals surface area contributed by atoms with E-state index in [9.17, 15) is 13.2 Å². The molecule has 2 fully saturated rings. The third-order valence-electron chi connectivity index (χ3n) is 3.69. The maximum atomic E-state index is 12.1. The molecule has 1 aromatic carbocycles. The summed E-state index contributed by atoms with van der Waals surface area (Å²) < 4.78 is 23.5. The molecule has 0 radical (unpaired) electrons. The highest BCUT2D eigenvalue weighted by atomic mass is 32.2. The number of benzene rings is 1. The maximum absolute atomic E-state index is 12.1. The number of hydrogen-bond acceptors (Lipinski definition) is 4. The second-order valence-electron chi connectivity index (χ2n) is 5.04. The lowest BCUT2D eigenvalue weighted by molar-refractivity contribution is -0.130. The van der Waals surface area contributed by atoms with E-state index in [-0.39, 0.29) is 17.4 Å². The Labute approximate surface area is 117 Å². The fourth-order valence-corrected chi connectivity index (χ4v) is 6.61. The fraction of sp³-hybridized carbons (Fsp3) is 0.462. The van der Waals surface area contributed by atoms with E-state index in [2.05, 4.69) is 0 Å². The molecule has 0 unspecified atom stereocenters. The highest BCUT2D eigenvalue weighted by Crippen LogP contribution is 2.45. The molecule has 1 aromatic rings. The molecule has 1 atom stereocenters. The topological polar surface area (TPSA) is 54.5 Å². The normalized spacial score (nSPS) is 29.3. The smallest absolute Gasteiger partial charge is 0.234 e. The molecule has 2 aliphatic heterocycles. The molecule has 2 aliphatic rings. The number of hydrogen-bond donors (Lipinski definition) is 0. The Morgan fingerprint density at radius 2 is 2.00 bits per heavy atom. The summed E-state index contributed by atoms with van der Waals surface area (Å²) in [5.74, 6) is 0.732. The van der Waals surface area contributed by atoms with Crippen LogP contribution >= 0.6 is 11.8 Å². The molecule has 0 aliphatic carbocycles. The Morgan fingerprint density at radius 3 is 2.63 bits per heavy atom. The molecule has 0 N–H and O–H groups in total. The van der Waals surface area contributed by atoms with Gasteiger partial charge < -0.3 is 4.90 Å². The highest BCUT2D eigenvalue weighted by Gasteiger charge is 2.52. The van der Waals surface area contributed by atoms with Gasteiger partial charge in [-0.25, -0.2) is 8.42 Å². The molecule has 2 heterocycles. The van der Waals surface area contributed by atoms with Crippen molar-refractivity contribution in [3.05, 3.63) is 35.9 Å². The van der Waals surface area contributed by atoms with E-state index in [4.69, 9.17) is 0 Å². The first kappa shape index (κ1) is 13.0. The van der Waals surface area contributed by atoms with Crippen molar-refractivity contribution in [2.24, 2.45) is 0 Å². The van der Waals surface area contributed by atoms with Crippen LogP contribution in [0.2, 0.25) is 0 Å². The zero-order valence-electron chi connectivity index (χ0n) is 10.4. The summed E-state index contributed by atoms with van der Waals surface area (Å²) in [6, 6.07) is 9.73. The van der Waals surface area contributed by atoms with Crippen molar-refractivity contribution < 1.29 is 13.2 Å². The second-order valence-corrected chi connectivity index (χ2v) is 8.56. The third kappa shape index (κ3) is 2.39. The highest BCUT2D eigenvalue weighted by molar-refractivity contribution is 8.03. The molecule has 102 valence electrons. The molecule has 0 saturated carbocycles. The van der Waals surface area contributed by atoms with Crippen molar-refractivity contribution in [2.45, 2.75) is 17.8 Å². The summed E-state index contributed by atoms with van der Waals surface area (Å²) >= 11 is 1.49. The largest absolute Gasteiger partial charge is 0.322 e. The van der Waals surface area contributed by atoms with Crippen LogP contribution in [0.1, 0.15) is 12.0 Å². The first-order chi connectivity index (χ1) is 9.01. The number of nitrogens with zero attached hydrogens (tertiary/aromatic N) is 1. The van der Waals surface area contributed by atoms with E-state index in [1.807, 2.05) is 30.3 Å². The Kier molecular flexibility index (Phi) is 3.09. The molecule has 4 nitrogen and oxygen atoms in total. The van der Waals surface area contributed by atoms with Gasteiger partial charge in [-0.05, 0) is 12.0 Å². The van der Waals surface area contributed by atoms with Crippen LogP contribution in [-0.2, 0) is 21.2 Å². The molecule has 1 amide bonds. The van der Waals surface area contributed by atoms with Crippen LogP contribution < -0.4 is 0 Å². The summed E-state index contributed by atoms with van der Waals surface area (Å²) in [4.78, 5) is 13.3. The molecule has 0 bridgehead atoms. The van der Waals surface area contributed by atoms with Crippen molar-refractivity contribution in [3.63, 3.8) is 0 Å². The van der Waals surface area contributed by atoms with E-state index >= 15 is 0 Å². The molecule has 2 saturated heterocycles. The van der Waals surface area contributed by atoms with Crippen LogP contribution in [0.4, 0.5) is 0 Å². The lowest BCUT2D eigenvalue weighted by Crippen LogP contribution is -2.44. The third-order valence-corrected chi connectivity index (χ3v) is 7.11. The first-order valence-corrected chi connectivity index (χ1v) is 9.00. The summed E-state index contributed by atoms with van der Waals surface area (Å²) in [5, 5.41) is 0. The van der Waals surface area contributed by atoms with E-state index in [1.54, 1.807) is 4.90 Å². The fourth-order valence-electron chi connectivity index (χ4n) is 2.71. The van der Waals surface area contributed by atoms with Crippen molar-refractivity contribution in [2.75, 3.05) is 17.3 Å². The minimum Gasteiger partial charge on any atom is -0.322 e. The van der Waals surface area contributed by atoms with Gasteiger partial charge in [-0.1, -0.05) is 30.3 Å². The van der Waals surface area contributed by atoms with Crippen LogP contribution in [0.3, 0.4) is 0 Å². The van der Waals surface area contributed by atoms with Crippen molar-refractivity contribution in [1.82, 2.24) is 4.90 Å². The zero-order valence-corrected chi connectivity index (χ0v) is 12.0. The van der Waals surface area contributed by atoms with Crippen molar-refractivity contribution in [1.29, 1.82) is 0 Å². The average molecular weight is 297 g/mol. The Morgan fingerprint density at radius 1 is 1.26 bits per heavy atom. The van der Waals surface area contributed by atoms with Crippen molar-refractivity contribution >= 4 is 27.5 Å². The molecular formula is C13H15NO3S2. The average Bonchev–Trinajstić information content (AvgIpc) is 2.85. The summed E-state index contributed by atoms with van der Waals surface area (Å²) in [6.45, 7) is 0.502. The maximum Gasteiger partial charge on any atom is 0.234 e. The Balaban J connectivity index is 1.88. The van der Waals surface area contributed by atoms with Gasteiger partial charge in [0.15, 0.2) is 9.84 Å². The number of sulfone groups is 1. The summed E-state index contributed by atoms with van der Waals surface area (Å²) in [7, 11) is -3.00. The van der Waals surface area contributed by atoms with Crippen LogP contribution in [0.25, 0.3) is 0 Å². The van der Waals surface area contributed by atoms with Crippen molar-refractivity contribution in [3.8, 4) is 0 Å². The first-order valence-electron chi connectivity index (χ1n) is 6.20. The zero-order chi connectivity index (χ0) is 13.5. The van der Waals surface area contributed by atoms with Gasteiger partial charge in [-0.2, -0.15) is 0 Å². The molecular weight excluding hydrogens is 282 g/mol. The number of rotatable bonds is 2. The SMILES string of the molecule is O=C1CS[C@]2(CCS(=O)(=O)C2)N1Cc1ccccc1. The lowest BCUT2D eigenvalue weighted by atomic mass is 10.1. The molecule has 6 heteroatoms. The molecule has 19 heavy (non-hydrogen) atoms. The molecule has 0 aromatic heterocycles. The number of amides is 1. The van der Waals surface area contributed by atoms with Gasteiger partial charge in [0.25, 0.3) is 0 Å². The second kappa shape index (κ2) is 4.52. The van der Waals surface area contributed by atoms with Gasteiger partial charge in [0, 0.05) is 6.54 Å². The van der Waals surface area contributed by atoms with Crippen LogP contribution in [0.5, 0.6) is 0 Å². The Hall–Kier alpha value is -1.01. The van der Waals surface area contributed by atoms with Gasteiger partial charge in [0.05, 0.1) is 17.3 Å². The van der Waals surface area contributed by atoms with E-state index in [0.717, 1.165) is 5.56 Å². The van der Waals surface area contributed by atoms with Gasteiger partial charge in [0.2, 0.25) is 5.91 Å². The summed E-state index contributed by atoms with van der Waals surface area (Å²) in [6.07, 6.45) is 0.554. The van der Waals surface area contributed by atoms with Crippen LogP contribution in [0.15, 0.2) is 30.3 Å². The number of carbonyl (C=O) groups is 1. The molecule has 3 rings (SSSR count). The predicted octanol–water partition coefficient (Wildman–Crippen LogP) is 1.28. The van der Waals surface area contributed by atoms with Gasteiger partial charge in [-0.3, -0.25) is 4.79 Å². The minimum atomic E-state index is -3.00. The number of carbonyl (C=O) groups excluding carboxylic acids is 1. The molecule has 1 spiro atoms. The minimum absolute atomic E-state index is 0.0472. The Bertz CT molecular complexity index is 600. The van der Waals surface area contributed by atoms with Gasteiger partial charge >= 0.3 is 0 Å². The predicted molar refractivity (Wildman–Crippen MR) is 75.5 cm³/mol. The monoisotopic (exact) mass is 297 g/mol. The van der Waals surface area contributed by atoms with Crippen LogP contribution in [0, 0.1) is 0 Å². The number of thioether (sulfide) groups is 1. The lowest BCUT2D eigenvalue weighted by Gasteiger charge is -2.33. The summed E-state index contributed by atoms with van der Waals surface area (Å²) in [5.41, 5.74) is 1.04. The quantitative estimate of drug-likeness (QED) is 0.825. The van der Waals surface area contributed by atoms with Crippen LogP contribution in [-0.4, -0.2) is 41.4 Å². The van der Waals surface area contributed by atoms with Gasteiger partial charge in [-0.15, -0.1) is 11.8 Å². The van der Waals surface area contributed by atoms with Gasteiger partial charge in [0.1, 0.15) is 4.87 Å². The van der Waals surface area contributed by atoms with E-state index < -0.39 is 14.7 Å². The standard InChI is InChI=1S/C13H15NO3S2/c15-12-9-18-13(6-7-19(16,17)10-13)14(12)8-11-4-2-1-3-5-11/h1-5H,6-10H2/t13-/m0/s1. The van der Waals surface area contributed by atoms with E-state index in [1.165, 1.54) is 11.8 Å².